The molecule has 7 heteroatoms. The summed E-state index contributed by atoms with van der Waals surface area (Å²) < 4.78 is 11.4. The Kier molecular flexibility index (Phi) is 5.36. The van der Waals surface area contributed by atoms with Crippen molar-refractivity contribution in [2.45, 2.75) is 50.2 Å². The standard InChI is InChI=1S/C19H25NO6/c1-25-16-12-13(6-7-15(16)26-14-4-2-3-5-14)17(21)20-10-8-19(24,9-11-20)18(22)23/h6-7,12,14,24H,2-5,8-11H2,1H3,(H,22,23). The van der Waals surface area contributed by atoms with Crippen molar-refractivity contribution in [1.82, 2.24) is 4.90 Å². The number of carboxylic acids is 1. The lowest BCUT2D eigenvalue weighted by molar-refractivity contribution is -0.162. The number of ether oxygens (including phenoxy) is 2. The number of likely N-dealkylation sites (tertiary alicyclic amines) is 1. The fraction of sp³-hybridized carbons (Fsp3) is 0.579. The number of aliphatic hydroxyl groups is 1. The van der Waals surface area contributed by atoms with E-state index in [1.54, 1.807) is 30.2 Å². The second-order valence-corrected chi connectivity index (χ2v) is 7.02. The highest BCUT2D eigenvalue weighted by Gasteiger charge is 2.40. The van der Waals surface area contributed by atoms with Gasteiger partial charge in [0.05, 0.1) is 13.2 Å². The molecule has 0 spiro atoms. The van der Waals surface area contributed by atoms with E-state index in [-0.39, 0.29) is 37.9 Å². The van der Waals surface area contributed by atoms with E-state index in [2.05, 4.69) is 0 Å². The van der Waals surface area contributed by atoms with E-state index in [9.17, 15) is 14.7 Å². The molecule has 2 fully saturated rings. The largest absolute Gasteiger partial charge is 0.493 e. The first-order chi connectivity index (χ1) is 12.4. The fourth-order valence-electron chi connectivity index (χ4n) is 3.56. The molecule has 0 aromatic heterocycles. The summed E-state index contributed by atoms with van der Waals surface area (Å²) >= 11 is 0. The molecule has 142 valence electrons. The zero-order chi connectivity index (χ0) is 18.7. The van der Waals surface area contributed by atoms with Crippen molar-refractivity contribution < 1.29 is 29.3 Å². The van der Waals surface area contributed by atoms with Crippen LogP contribution in [0.1, 0.15) is 48.9 Å². The van der Waals surface area contributed by atoms with Crippen LogP contribution in [0.25, 0.3) is 0 Å². The Hall–Kier alpha value is -2.28. The molecule has 1 heterocycles. The number of piperidine rings is 1. The summed E-state index contributed by atoms with van der Waals surface area (Å²) in [5, 5.41) is 19.1. The van der Waals surface area contributed by atoms with Gasteiger partial charge in [0.2, 0.25) is 0 Å². The molecule has 1 aliphatic heterocycles. The Morgan fingerprint density at radius 3 is 2.38 bits per heavy atom. The van der Waals surface area contributed by atoms with Crippen LogP contribution in [0, 0.1) is 0 Å². The molecule has 2 aliphatic rings. The molecule has 1 aliphatic carbocycles. The minimum atomic E-state index is -1.74. The maximum absolute atomic E-state index is 12.7. The van der Waals surface area contributed by atoms with Gasteiger partial charge in [-0.2, -0.15) is 0 Å². The molecular weight excluding hydrogens is 338 g/mol. The topological polar surface area (TPSA) is 96.3 Å². The number of carbonyl (C=O) groups excluding carboxylic acids is 1. The van der Waals surface area contributed by atoms with Crippen LogP contribution in [-0.4, -0.2) is 58.9 Å². The number of aliphatic carboxylic acids is 1. The van der Waals surface area contributed by atoms with E-state index < -0.39 is 11.6 Å². The fourth-order valence-corrected chi connectivity index (χ4v) is 3.56. The van der Waals surface area contributed by atoms with Gasteiger partial charge in [-0.1, -0.05) is 0 Å². The second-order valence-electron chi connectivity index (χ2n) is 7.02. The number of rotatable bonds is 5. The number of nitrogens with zero attached hydrogens (tertiary/aromatic N) is 1. The molecule has 1 saturated carbocycles. The van der Waals surface area contributed by atoms with Gasteiger partial charge in [0.1, 0.15) is 0 Å². The number of carboxylic acid groups (broad SMARTS) is 1. The highest BCUT2D eigenvalue weighted by Crippen LogP contribution is 2.33. The van der Waals surface area contributed by atoms with Gasteiger partial charge in [0.25, 0.3) is 5.91 Å². The number of hydrogen-bond acceptors (Lipinski definition) is 5. The minimum Gasteiger partial charge on any atom is -0.493 e. The maximum atomic E-state index is 12.7. The summed E-state index contributed by atoms with van der Waals surface area (Å²) in [5.74, 6) is -0.292. The van der Waals surface area contributed by atoms with E-state index in [1.807, 2.05) is 0 Å². The summed E-state index contributed by atoms with van der Waals surface area (Å²) in [5.41, 5.74) is -1.28. The van der Waals surface area contributed by atoms with Crippen LogP contribution < -0.4 is 9.47 Å². The third kappa shape index (κ3) is 3.77. The Morgan fingerprint density at radius 1 is 1.15 bits per heavy atom. The van der Waals surface area contributed by atoms with Crippen molar-refractivity contribution in [1.29, 1.82) is 0 Å². The molecule has 0 bridgehead atoms. The van der Waals surface area contributed by atoms with Crippen molar-refractivity contribution in [2.24, 2.45) is 0 Å². The van der Waals surface area contributed by atoms with Crippen LogP contribution in [0.2, 0.25) is 0 Å². The van der Waals surface area contributed by atoms with Crippen LogP contribution in [0.3, 0.4) is 0 Å². The molecule has 7 nitrogen and oxygen atoms in total. The summed E-state index contributed by atoms with van der Waals surface area (Å²) in [4.78, 5) is 25.4. The molecule has 1 saturated heterocycles. The molecular formula is C19H25NO6. The molecule has 2 N–H and O–H groups in total. The number of carbonyl (C=O) groups is 2. The first-order valence-electron chi connectivity index (χ1n) is 9.03. The summed E-state index contributed by atoms with van der Waals surface area (Å²) in [6.07, 6.45) is 4.64. The number of amides is 1. The van der Waals surface area contributed by atoms with Crippen molar-refractivity contribution >= 4 is 11.9 Å². The van der Waals surface area contributed by atoms with E-state index >= 15 is 0 Å². The van der Waals surface area contributed by atoms with Gasteiger partial charge in [-0.25, -0.2) is 4.79 Å². The molecule has 0 atom stereocenters. The van der Waals surface area contributed by atoms with Crippen molar-refractivity contribution in [3.05, 3.63) is 23.8 Å². The van der Waals surface area contributed by atoms with E-state index in [1.165, 1.54) is 12.8 Å². The minimum absolute atomic E-state index is 0.0219. The van der Waals surface area contributed by atoms with E-state index in [0.717, 1.165) is 12.8 Å². The Morgan fingerprint density at radius 2 is 1.81 bits per heavy atom. The lowest BCUT2D eigenvalue weighted by Gasteiger charge is -2.35. The number of hydrogen-bond donors (Lipinski definition) is 2. The average molecular weight is 363 g/mol. The van der Waals surface area contributed by atoms with Crippen molar-refractivity contribution in [2.75, 3.05) is 20.2 Å². The molecule has 0 unspecified atom stereocenters. The quantitative estimate of drug-likeness (QED) is 0.831. The Balaban J connectivity index is 1.69. The van der Waals surface area contributed by atoms with Gasteiger partial charge in [-0.15, -0.1) is 0 Å². The molecule has 1 aromatic rings. The zero-order valence-corrected chi connectivity index (χ0v) is 14.9. The van der Waals surface area contributed by atoms with E-state index in [4.69, 9.17) is 14.6 Å². The Bertz CT molecular complexity index is 675. The summed E-state index contributed by atoms with van der Waals surface area (Å²) in [7, 11) is 1.54. The average Bonchev–Trinajstić information content (AvgIpc) is 3.15. The maximum Gasteiger partial charge on any atom is 0.335 e. The molecule has 1 aromatic carbocycles. The van der Waals surface area contributed by atoms with Crippen LogP contribution in [0.15, 0.2) is 18.2 Å². The SMILES string of the molecule is COc1cc(C(=O)N2CCC(O)(C(=O)O)CC2)ccc1OC1CCCC1. The highest BCUT2D eigenvalue weighted by atomic mass is 16.5. The van der Waals surface area contributed by atoms with Crippen LogP contribution in [0.5, 0.6) is 11.5 Å². The second kappa shape index (κ2) is 7.53. The summed E-state index contributed by atoms with van der Waals surface area (Å²) in [6, 6.07) is 5.11. The highest BCUT2D eigenvalue weighted by molar-refractivity contribution is 5.95. The zero-order valence-electron chi connectivity index (χ0n) is 14.9. The van der Waals surface area contributed by atoms with E-state index in [0.29, 0.717) is 17.1 Å². The van der Waals surface area contributed by atoms with Gasteiger partial charge in [0.15, 0.2) is 17.1 Å². The smallest absolute Gasteiger partial charge is 0.335 e. The molecule has 3 rings (SSSR count). The third-order valence-corrected chi connectivity index (χ3v) is 5.28. The number of methoxy groups -OCH3 is 1. The van der Waals surface area contributed by atoms with Gasteiger partial charge >= 0.3 is 5.97 Å². The third-order valence-electron chi connectivity index (χ3n) is 5.28. The van der Waals surface area contributed by atoms with Crippen molar-refractivity contribution in [3.63, 3.8) is 0 Å². The molecule has 1 amide bonds. The predicted molar refractivity (Wildman–Crippen MR) is 93.6 cm³/mol. The van der Waals surface area contributed by atoms with Gasteiger partial charge in [-0.05, 0) is 43.9 Å². The molecule has 26 heavy (non-hydrogen) atoms. The predicted octanol–water partition coefficient (Wildman–Crippen LogP) is 2.07. The lowest BCUT2D eigenvalue weighted by Crippen LogP contribution is -2.50. The Labute approximate surface area is 152 Å². The monoisotopic (exact) mass is 363 g/mol. The van der Waals surface area contributed by atoms with Crippen LogP contribution in [0.4, 0.5) is 0 Å². The first-order valence-corrected chi connectivity index (χ1v) is 9.03. The van der Waals surface area contributed by atoms with Crippen LogP contribution >= 0.6 is 0 Å². The first kappa shape index (κ1) is 18.5. The summed E-state index contributed by atoms with van der Waals surface area (Å²) in [6.45, 7) is 0.397. The lowest BCUT2D eigenvalue weighted by atomic mass is 9.91. The van der Waals surface area contributed by atoms with Crippen molar-refractivity contribution in [3.8, 4) is 11.5 Å². The van der Waals surface area contributed by atoms with Gasteiger partial charge in [-0.3, -0.25) is 4.79 Å². The van der Waals surface area contributed by atoms with Gasteiger partial charge < -0.3 is 24.6 Å². The molecule has 0 radical (unpaired) electrons. The number of benzene rings is 1. The normalized spacial score (nSPS) is 20.0. The van der Waals surface area contributed by atoms with Gasteiger partial charge in [0, 0.05) is 31.5 Å². The van der Waals surface area contributed by atoms with Crippen LogP contribution in [-0.2, 0) is 4.79 Å².